The van der Waals surface area contributed by atoms with Gasteiger partial charge in [-0.15, -0.1) is 0 Å². The van der Waals surface area contributed by atoms with Gasteiger partial charge in [-0.2, -0.15) is 0 Å². The molecule has 2 aliphatic rings. The maximum atomic E-state index is 11.7. The molecule has 2 N–H and O–H groups in total. The van der Waals surface area contributed by atoms with Gasteiger partial charge in [0.2, 0.25) is 0 Å². The number of aliphatic hydroxyl groups is 1. The van der Waals surface area contributed by atoms with Crippen LogP contribution in [0.5, 0.6) is 0 Å². The fourth-order valence-electron chi connectivity index (χ4n) is 2.96. The molecule has 0 aromatic heterocycles. The number of carboxylic acid groups (broad SMARTS) is 1. The van der Waals surface area contributed by atoms with Gasteiger partial charge in [0, 0.05) is 0 Å². The highest BCUT2D eigenvalue weighted by molar-refractivity contribution is 5.94. The third-order valence-electron chi connectivity index (χ3n) is 3.74. The van der Waals surface area contributed by atoms with Crippen LogP contribution in [0.2, 0.25) is 0 Å². The number of ketones is 1. The average Bonchev–Trinajstić information content (AvgIpc) is 2.42. The lowest BCUT2D eigenvalue weighted by molar-refractivity contribution is -0.153. The predicted molar refractivity (Wildman–Crippen MR) is 56.7 cm³/mol. The predicted octanol–water partition coefficient (Wildman–Crippen LogP) is 0.771. The number of hydrogen-bond acceptors (Lipinski definition) is 3. The molecule has 16 heavy (non-hydrogen) atoms. The van der Waals surface area contributed by atoms with E-state index in [9.17, 15) is 14.7 Å². The summed E-state index contributed by atoms with van der Waals surface area (Å²) in [6, 6.07) is 0. The van der Waals surface area contributed by atoms with Gasteiger partial charge in [-0.05, 0) is 12.3 Å². The Bertz CT molecular complexity index is 407. The quantitative estimate of drug-likeness (QED) is 0.739. The van der Waals surface area contributed by atoms with Crippen LogP contribution in [0.25, 0.3) is 0 Å². The summed E-state index contributed by atoms with van der Waals surface area (Å²) in [7, 11) is 0. The first-order chi connectivity index (χ1) is 7.54. The van der Waals surface area contributed by atoms with Gasteiger partial charge in [0.25, 0.3) is 0 Å². The van der Waals surface area contributed by atoms with E-state index in [0.717, 1.165) is 5.57 Å². The smallest absolute Gasteiger partial charge is 0.314 e. The molecule has 0 aromatic rings. The van der Waals surface area contributed by atoms with E-state index in [2.05, 4.69) is 0 Å². The lowest BCUT2D eigenvalue weighted by atomic mass is 9.69. The number of carbonyl (C=O) groups is 2. The number of allylic oxidation sites excluding steroid dienone is 3. The number of Topliss-reactive ketones (excluding diaryl/α,β-unsaturated/α-hetero) is 1. The van der Waals surface area contributed by atoms with Crippen LogP contribution in [0.1, 0.15) is 13.3 Å². The molecule has 4 heteroatoms. The number of carbonyl (C=O) groups excluding carboxylic acids is 1. The fraction of sp³-hybridized carbons (Fsp3) is 0.500. The molecule has 86 valence electrons. The first-order valence-electron chi connectivity index (χ1n) is 5.29. The van der Waals surface area contributed by atoms with Gasteiger partial charge in [0.05, 0.1) is 5.92 Å². The molecule has 1 fully saturated rings. The van der Waals surface area contributed by atoms with Crippen molar-refractivity contribution >= 4 is 11.8 Å². The third kappa shape index (κ3) is 1.19. The van der Waals surface area contributed by atoms with Crippen molar-refractivity contribution in [3.8, 4) is 0 Å². The van der Waals surface area contributed by atoms with E-state index in [-0.39, 0.29) is 5.92 Å². The molecule has 0 aromatic carbocycles. The molecule has 2 aliphatic carbocycles. The Morgan fingerprint density at radius 3 is 2.81 bits per heavy atom. The van der Waals surface area contributed by atoms with Crippen molar-refractivity contribution in [1.82, 2.24) is 0 Å². The second-order valence-electron chi connectivity index (χ2n) is 4.50. The van der Waals surface area contributed by atoms with E-state index in [1.165, 1.54) is 0 Å². The highest BCUT2D eigenvalue weighted by atomic mass is 16.4. The molecular weight excluding hydrogens is 208 g/mol. The summed E-state index contributed by atoms with van der Waals surface area (Å²) in [5.74, 6) is -2.18. The summed E-state index contributed by atoms with van der Waals surface area (Å²) in [6.45, 7) is 1.24. The standard InChI is InChI=1S/C12H14O4/c1-7-5-8-3-2-4-12(7,11(15)16)10(8)9(14)6-13/h2-4,7,10,13H,5-6H2,1H3,(H,15,16). The van der Waals surface area contributed by atoms with Crippen LogP contribution in [0.15, 0.2) is 23.8 Å². The van der Waals surface area contributed by atoms with Gasteiger partial charge >= 0.3 is 5.97 Å². The number of carboxylic acids is 1. The van der Waals surface area contributed by atoms with E-state index in [4.69, 9.17) is 5.11 Å². The van der Waals surface area contributed by atoms with Crippen LogP contribution in [-0.4, -0.2) is 28.6 Å². The molecule has 0 heterocycles. The SMILES string of the molecule is CC1CC2=CC=CC1(C(=O)O)C2C(=O)CO. The molecule has 1 saturated carbocycles. The highest BCUT2D eigenvalue weighted by Crippen LogP contribution is 2.54. The highest BCUT2D eigenvalue weighted by Gasteiger charge is 2.57. The summed E-state index contributed by atoms with van der Waals surface area (Å²) < 4.78 is 0. The number of rotatable bonds is 3. The zero-order valence-corrected chi connectivity index (χ0v) is 9.01. The first-order valence-corrected chi connectivity index (χ1v) is 5.29. The molecule has 0 radical (unpaired) electrons. The van der Waals surface area contributed by atoms with Crippen LogP contribution in [0.4, 0.5) is 0 Å². The summed E-state index contributed by atoms with van der Waals surface area (Å²) >= 11 is 0. The monoisotopic (exact) mass is 222 g/mol. The third-order valence-corrected chi connectivity index (χ3v) is 3.74. The first kappa shape index (κ1) is 11.1. The van der Waals surface area contributed by atoms with E-state index in [1.807, 2.05) is 6.92 Å². The molecule has 2 rings (SSSR count). The van der Waals surface area contributed by atoms with Crippen LogP contribution >= 0.6 is 0 Å². The van der Waals surface area contributed by atoms with Crippen LogP contribution in [0.3, 0.4) is 0 Å². The van der Waals surface area contributed by atoms with Crippen LogP contribution in [-0.2, 0) is 9.59 Å². The number of aliphatic hydroxyl groups excluding tert-OH is 1. The lowest BCUT2D eigenvalue weighted by Crippen LogP contribution is -2.43. The van der Waals surface area contributed by atoms with E-state index in [1.54, 1.807) is 18.2 Å². The molecule has 0 spiro atoms. The van der Waals surface area contributed by atoms with Crippen molar-refractivity contribution in [2.24, 2.45) is 17.3 Å². The molecule has 3 atom stereocenters. The number of aliphatic carboxylic acids is 1. The van der Waals surface area contributed by atoms with Gasteiger partial charge in [0.1, 0.15) is 12.0 Å². The van der Waals surface area contributed by atoms with Crippen molar-refractivity contribution in [3.05, 3.63) is 23.8 Å². The Hall–Kier alpha value is -1.42. The van der Waals surface area contributed by atoms with Crippen LogP contribution < -0.4 is 0 Å². The molecule has 0 saturated heterocycles. The molecule has 3 unspecified atom stereocenters. The summed E-state index contributed by atoms with van der Waals surface area (Å²) in [5.41, 5.74) is -0.319. The number of fused-ring (bicyclic) bond motifs is 2. The maximum absolute atomic E-state index is 11.7. The lowest BCUT2D eigenvalue weighted by Gasteiger charge is -2.32. The topological polar surface area (TPSA) is 74.6 Å². The minimum Gasteiger partial charge on any atom is -0.481 e. The minimum absolute atomic E-state index is 0.115. The Morgan fingerprint density at radius 2 is 2.25 bits per heavy atom. The van der Waals surface area contributed by atoms with Gasteiger partial charge in [-0.3, -0.25) is 9.59 Å². The normalized spacial score (nSPS) is 36.0. The molecule has 0 aliphatic heterocycles. The van der Waals surface area contributed by atoms with Crippen molar-refractivity contribution in [3.63, 3.8) is 0 Å². The van der Waals surface area contributed by atoms with Gasteiger partial charge in [0.15, 0.2) is 5.78 Å². The zero-order chi connectivity index (χ0) is 11.9. The molecule has 2 bridgehead atoms. The van der Waals surface area contributed by atoms with Crippen LogP contribution in [0, 0.1) is 17.3 Å². The molecule has 4 nitrogen and oxygen atoms in total. The van der Waals surface area contributed by atoms with E-state index >= 15 is 0 Å². The summed E-state index contributed by atoms with van der Waals surface area (Å²) in [6.07, 6.45) is 5.70. The Morgan fingerprint density at radius 1 is 1.56 bits per heavy atom. The molecular formula is C12H14O4. The maximum Gasteiger partial charge on any atom is 0.314 e. The second kappa shape index (κ2) is 3.56. The number of hydrogen-bond donors (Lipinski definition) is 2. The molecule has 0 amide bonds. The summed E-state index contributed by atoms with van der Waals surface area (Å²) in [5, 5.41) is 18.3. The van der Waals surface area contributed by atoms with Crippen molar-refractivity contribution < 1.29 is 19.8 Å². The van der Waals surface area contributed by atoms with Crippen molar-refractivity contribution in [2.45, 2.75) is 13.3 Å². The Balaban J connectivity index is 2.53. The van der Waals surface area contributed by atoms with Gasteiger partial charge in [-0.1, -0.05) is 30.7 Å². The second-order valence-corrected chi connectivity index (χ2v) is 4.50. The summed E-state index contributed by atoms with van der Waals surface area (Å²) in [4.78, 5) is 23.2. The van der Waals surface area contributed by atoms with Crippen molar-refractivity contribution in [1.29, 1.82) is 0 Å². The van der Waals surface area contributed by atoms with E-state index in [0.29, 0.717) is 6.42 Å². The Kier molecular flexibility index (Phi) is 2.46. The average molecular weight is 222 g/mol. The van der Waals surface area contributed by atoms with Crippen molar-refractivity contribution in [2.75, 3.05) is 6.61 Å². The fourth-order valence-corrected chi connectivity index (χ4v) is 2.96. The Labute approximate surface area is 93.3 Å². The van der Waals surface area contributed by atoms with Gasteiger partial charge < -0.3 is 10.2 Å². The minimum atomic E-state index is -1.15. The largest absolute Gasteiger partial charge is 0.481 e. The zero-order valence-electron chi connectivity index (χ0n) is 9.01. The van der Waals surface area contributed by atoms with Gasteiger partial charge in [-0.25, -0.2) is 0 Å². The van der Waals surface area contributed by atoms with E-state index < -0.39 is 29.7 Å².